The van der Waals surface area contributed by atoms with Crippen LogP contribution in [0.25, 0.3) is 0 Å². The third kappa shape index (κ3) is 5.59. The summed E-state index contributed by atoms with van der Waals surface area (Å²) in [5.74, 6) is -0.317. The number of hydrogen-bond acceptors (Lipinski definition) is 3. The van der Waals surface area contributed by atoms with Crippen LogP contribution in [0.4, 0.5) is 11.4 Å². The van der Waals surface area contributed by atoms with Gasteiger partial charge in [0.1, 0.15) is 0 Å². The topological polar surface area (TPSA) is 61.4 Å². The van der Waals surface area contributed by atoms with Crippen LogP contribution in [0.5, 0.6) is 0 Å². The van der Waals surface area contributed by atoms with Crippen LogP contribution < -0.4 is 15.5 Å². The molecular weight excluding hydrogens is 362 g/mol. The summed E-state index contributed by atoms with van der Waals surface area (Å²) in [6.45, 7) is 6.13. The van der Waals surface area contributed by atoms with E-state index in [1.54, 1.807) is 24.3 Å². The van der Waals surface area contributed by atoms with E-state index in [1.165, 1.54) is 19.3 Å². The van der Waals surface area contributed by atoms with Gasteiger partial charge in [-0.15, -0.1) is 0 Å². The summed E-state index contributed by atoms with van der Waals surface area (Å²) in [5.41, 5.74) is 2.88. The first-order valence-electron chi connectivity index (χ1n) is 10.7. The Morgan fingerprint density at radius 3 is 2.14 bits per heavy atom. The van der Waals surface area contributed by atoms with Gasteiger partial charge >= 0.3 is 0 Å². The molecule has 2 amide bonds. The van der Waals surface area contributed by atoms with Gasteiger partial charge in [-0.1, -0.05) is 25.3 Å². The first-order chi connectivity index (χ1) is 14.1. The summed E-state index contributed by atoms with van der Waals surface area (Å²) in [6.07, 6.45) is 5.66. The summed E-state index contributed by atoms with van der Waals surface area (Å²) < 4.78 is 0. The van der Waals surface area contributed by atoms with E-state index in [-0.39, 0.29) is 17.9 Å². The van der Waals surface area contributed by atoms with Gasteiger partial charge in [0.25, 0.3) is 11.8 Å². The van der Waals surface area contributed by atoms with Crippen molar-refractivity contribution in [3.05, 3.63) is 59.7 Å². The molecule has 0 spiro atoms. The van der Waals surface area contributed by atoms with Gasteiger partial charge in [-0.2, -0.15) is 0 Å². The summed E-state index contributed by atoms with van der Waals surface area (Å²) >= 11 is 0. The Hall–Kier alpha value is -2.82. The molecule has 0 aromatic heterocycles. The van der Waals surface area contributed by atoms with Gasteiger partial charge in [0, 0.05) is 41.6 Å². The number of nitrogens with one attached hydrogen (secondary N) is 2. The highest BCUT2D eigenvalue weighted by Gasteiger charge is 2.17. The quantitative estimate of drug-likeness (QED) is 0.707. The predicted octanol–water partition coefficient (Wildman–Crippen LogP) is 4.85. The lowest BCUT2D eigenvalue weighted by atomic mass is 9.95. The second kappa shape index (κ2) is 10.1. The van der Waals surface area contributed by atoms with E-state index >= 15 is 0 Å². The average Bonchev–Trinajstić information content (AvgIpc) is 2.76. The van der Waals surface area contributed by atoms with E-state index in [9.17, 15) is 9.59 Å². The predicted molar refractivity (Wildman–Crippen MR) is 119 cm³/mol. The van der Waals surface area contributed by atoms with Gasteiger partial charge < -0.3 is 15.5 Å². The van der Waals surface area contributed by atoms with E-state index < -0.39 is 0 Å². The smallest absolute Gasteiger partial charge is 0.255 e. The van der Waals surface area contributed by atoms with E-state index in [0.29, 0.717) is 11.1 Å². The minimum atomic E-state index is -0.215. The lowest BCUT2D eigenvalue weighted by Crippen LogP contribution is -2.36. The van der Waals surface area contributed by atoms with Crippen molar-refractivity contribution >= 4 is 23.2 Å². The van der Waals surface area contributed by atoms with Gasteiger partial charge in [-0.3, -0.25) is 9.59 Å². The molecule has 5 nitrogen and oxygen atoms in total. The van der Waals surface area contributed by atoms with Crippen molar-refractivity contribution in [1.82, 2.24) is 5.32 Å². The fourth-order valence-electron chi connectivity index (χ4n) is 3.86. The molecular formula is C24H31N3O2. The first-order valence-corrected chi connectivity index (χ1v) is 10.7. The molecule has 0 bridgehead atoms. The summed E-state index contributed by atoms with van der Waals surface area (Å²) in [6, 6.07) is 15.0. The van der Waals surface area contributed by atoms with Crippen molar-refractivity contribution in [2.24, 2.45) is 0 Å². The largest absolute Gasteiger partial charge is 0.372 e. The molecule has 0 saturated heterocycles. The highest BCUT2D eigenvalue weighted by atomic mass is 16.2. The standard InChI is InChI=1S/C24H31N3O2/c1-3-27(4-2)22-15-13-21(14-16-22)26-24(29)19-10-8-9-18(17-19)23(28)25-20-11-6-5-7-12-20/h8-10,13-17,20H,3-7,11-12H2,1-2H3,(H,25,28)(H,26,29). The Bertz CT molecular complexity index is 822. The maximum Gasteiger partial charge on any atom is 0.255 e. The maximum atomic E-state index is 12.7. The number of rotatable bonds is 7. The molecule has 154 valence electrons. The van der Waals surface area contributed by atoms with Gasteiger partial charge in [0.05, 0.1) is 0 Å². The normalized spacial score (nSPS) is 14.3. The Balaban J connectivity index is 1.63. The average molecular weight is 394 g/mol. The molecule has 2 aromatic rings. The van der Waals surface area contributed by atoms with Crippen molar-refractivity contribution in [2.45, 2.75) is 52.0 Å². The molecule has 0 atom stereocenters. The number of nitrogens with zero attached hydrogens (tertiary/aromatic N) is 1. The van der Waals surface area contributed by atoms with E-state index in [4.69, 9.17) is 0 Å². The fourth-order valence-corrected chi connectivity index (χ4v) is 3.86. The third-order valence-electron chi connectivity index (χ3n) is 5.58. The molecule has 3 rings (SSSR count). The maximum absolute atomic E-state index is 12.7. The lowest BCUT2D eigenvalue weighted by Gasteiger charge is -2.22. The molecule has 2 aromatic carbocycles. The van der Waals surface area contributed by atoms with Gasteiger partial charge in [-0.05, 0) is 69.2 Å². The zero-order chi connectivity index (χ0) is 20.6. The van der Waals surface area contributed by atoms with Crippen LogP contribution in [0.1, 0.15) is 66.7 Å². The monoisotopic (exact) mass is 393 g/mol. The second-order valence-electron chi connectivity index (χ2n) is 7.56. The van der Waals surface area contributed by atoms with Crippen LogP contribution in [-0.2, 0) is 0 Å². The number of hydrogen-bond donors (Lipinski definition) is 2. The van der Waals surface area contributed by atoms with Gasteiger partial charge in [-0.25, -0.2) is 0 Å². The van der Waals surface area contributed by atoms with Crippen LogP contribution in [0.15, 0.2) is 48.5 Å². The van der Waals surface area contributed by atoms with E-state index in [2.05, 4.69) is 29.4 Å². The number of carbonyl (C=O) groups excluding carboxylic acids is 2. The van der Waals surface area contributed by atoms with E-state index in [0.717, 1.165) is 37.3 Å². The van der Waals surface area contributed by atoms with E-state index in [1.807, 2.05) is 24.3 Å². The molecule has 0 radical (unpaired) electrons. The molecule has 0 aliphatic heterocycles. The molecule has 1 aliphatic rings. The highest BCUT2D eigenvalue weighted by Crippen LogP contribution is 2.20. The van der Waals surface area contributed by atoms with Crippen LogP contribution >= 0.6 is 0 Å². The highest BCUT2D eigenvalue weighted by molar-refractivity contribution is 6.06. The molecule has 1 aliphatic carbocycles. The minimum Gasteiger partial charge on any atom is -0.372 e. The van der Waals surface area contributed by atoms with Gasteiger partial charge in [0.2, 0.25) is 0 Å². The summed E-state index contributed by atoms with van der Waals surface area (Å²) in [5, 5.41) is 6.02. The second-order valence-corrected chi connectivity index (χ2v) is 7.56. The van der Waals surface area contributed by atoms with Crippen molar-refractivity contribution in [3.63, 3.8) is 0 Å². The molecule has 1 fully saturated rings. The van der Waals surface area contributed by atoms with Crippen molar-refractivity contribution in [2.75, 3.05) is 23.3 Å². The Morgan fingerprint density at radius 1 is 0.897 bits per heavy atom. The van der Waals surface area contributed by atoms with Crippen molar-refractivity contribution in [1.29, 1.82) is 0 Å². The third-order valence-corrected chi connectivity index (χ3v) is 5.58. The van der Waals surface area contributed by atoms with Crippen LogP contribution in [0.2, 0.25) is 0 Å². The molecule has 0 heterocycles. The van der Waals surface area contributed by atoms with Gasteiger partial charge in [0.15, 0.2) is 0 Å². The zero-order valence-corrected chi connectivity index (χ0v) is 17.4. The Labute approximate surface area is 173 Å². The minimum absolute atomic E-state index is 0.102. The van der Waals surface area contributed by atoms with Crippen LogP contribution in [0, 0.1) is 0 Å². The Kier molecular flexibility index (Phi) is 7.28. The number of anilines is 2. The number of amides is 2. The summed E-state index contributed by atoms with van der Waals surface area (Å²) in [7, 11) is 0. The fraction of sp³-hybridized carbons (Fsp3) is 0.417. The molecule has 0 unspecified atom stereocenters. The molecule has 2 N–H and O–H groups in total. The molecule has 5 heteroatoms. The number of carbonyl (C=O) groups is 2. The molecule has 29 heavy (non-hydrogen) atoms. The SMILES string of the molecule is CCN(CC)c1ccc(NC(=O)c2cccc(C(=O)NC3CCCCC3)c2)cc1. The van der Waals surface area contributed by atoms with Crippen LogP contribution in [-0.4, -0.2) is 30.9 Å². The van der Waals surface area contributed by atoms with Crippen molar-refractivity contribution in [3.8, 4) is 0 Å². The van der Waals surface area contributed by atoms with Crippen molar-refractivity contribution < 1.29 is 9.59 Å². The Morgan fingerprint density at radius 2 is 1.52 bits per heavy atom. The zero-order valence-electron chi connectivity index (χ0n) is 17.4. The first kappa shape index (κ1) is 20.9. The molecule has 1 saturated carbocycles. The lowest BCUT2D eigenvalue weighted by molar-refractivity contribution is 0.0927. The summed E-state index contributed by atoms with van der Waals surface area (Å²) in [4.78, 5) is 27.5. The number of benzene rings is 2. The van der Waals surface area contributed by atoms with Crippen LogP contribution in [0.3, 0.4) is 0 Å².